The smallest absolute Gasteiger partial charge is 0.184 e. The summed E-state index contributed by atoms with van der Waals surface area (Å²) in [6.45, 7) is -0.526. The second-order valence-corrected chi connectivity index (χ2v) is 2.72. The van der Waals surface area contributed by atoms with Gasteiger partial charge in [-0.25, -0.2) is 0 Å². The van der Waals surface area contributed by atoms with Gasteiger partial charge in [-0.05, 0) is 0 Å². The number of rotatable bonds is 1. The lowest BCUT2D eigenvalue weighted by Gasteiger charge is -2.37. The Labute approximate surface area is 68.6 Å². The summed E-state index contributed by atoms with van der Waals surface area (Å²) in [6.07, 6.45) is -7.04. The molecule has 5 N–H and O–H groups in total. The third-order valence-corrected chi connectivity index (χ3v) is 1.87. The van der Waals surface area contributed by atoms with Crippen LogP contribution in [0.25, 0.3) is 0 Å². The van der Waals surface area contributed by atoms with E-state index in [1.54, 1.807) is 0 Å². The van der Waals surface area contributed by atoms with Crippen LogP contribution in [0.1, 0.15) is 0 Å². The van der Waals surface area contributed by atoms with E-state index in [-0.39, 0.29) is 0 Å². The van der Waals surface area contributed by atoms with Crippen molar-refractivity contribution in [3.8, 4) is 0 Å². The van der Waals surface area contributed by atoms with Crippen molar-refractivity contribution in [1.29, 1.82) is 0 Å². The first-order chi connectivity index (χ1) is 5.57. The van der Waals surface area contributed by atoms with Crippen molar-refractivity contribution < 1.29 is 30.3 Å². The maximum Gasteiger partial charge on any atom is 0.184 e. The topological polar surface area (TPSA) is 110 Å². The summed E-state index contributed by atoms with van der Waals surface area (Å²) in [5, 5.41) is 44.7. The Hall–Kier alpha value is -0.240. The largest absolute Gasteiger partial charge is 0.394 e. The molecule has 6 heteroatoms. The van der Waals surface area contributed by atoms with Gasteiger partial charge in [0, 0.05) is 0 Å². The lowest BCUT2D eigenvalue weighted by Crippen LogP contribution is -2.58. The molecule has 1 heterocycles. The van der Waals surface area contributed by atoms with E-state index in [1.165, 1.54) is 0 Å². The van der Waals surface area contributed by atoms with Gasteiger partial charge in [-0.15, -0.1) is 0 Å². The van der Waals surface area contributed by atoms with E-state index >= 15 is 0 Å². The first kappa shape index (κ1) is 9.85. The van der Waals surface area contributed by atoms with E-state index < -0.39 is 37.3 Å². The quantitative estimate of drug-likeness (QED) is 0.290. The number of aliphatic hydroxyl groups excluding tert-OH is 5. The lowest BCUT2D eigenvalue weighted by molar-refractivity contribution is -0.286. The Morgan fingerprint density at radius 1 is 0.917 bits per heavy atom. The highest BCUT2D eigenvalue weighted by Crippen LogP contribution is 2.18. The van der Waals surface area contributed by atoms with Crippen LogP contribution in [0.4, 0.5) is 0 Å². The molecule has 0 radical (unpaired) electrons. The summed E-state index contributed by atoms with van der Waals surface area (Å²) >= 11 is 0. The van der Waals surface area contributed by atoms with Gasteiger partial charge >= 0.3 is 0 Å². The molecule has 6 nitrogen and oxygen atoms in total. The highest BCUT2D eigenvalue weighted by molar-refractivity contribution is 4.87. The van der Waals surface area contributed by atoms with Crippen LogP contribution in [0.3, 0.4) is 0 Å². The standard InChI is InChI=1S/C6H12O6/c7-1-2-3(8)4(9)5(10)6(11)12-2/h2-11H,1H2/t2-,3-,4?,5?,6-/m1/s1. The minimum absolute atomic E-state index is 0.526. The number of ether oxygens (including phenoxy) is 1. The normalized spacial score (nSPS) is 49.2. The fourth-order valence-corrected chi connectivity index (χ4v) is 1.08. The molecule has 1 aliphatic rings. The van der Waals surface area contributed by atoms with Crippen LogP contribution in [-0.2, 0) is 4.74 Å². The van der Waals surface area contributed by atoms with E-state index in [4.69, 9.17) is 25.5 Å². The van der Waals surface area contributed by atoms with Gasteiger partial charge in [-0.1, -0.05) is 0 Å². The molecule has 1 saturated heterocycles. The van der Waals surface area contributed by atoms with Crippen LogP contribution in [-0.4, -0.2) is 62.8 Å². The molecular weight excluding hydrogens is 168 g/mol. The molecule has 0 aromatic rings. The van der Waals surface area contributed by atoms with Crippen LogP contribution in [0.15, 0.2) is 0 Å². The van der Waals surface area contributed by atoms with Crippen molar-refractivity contribution in [3.63, 3.8) is 0 Å². The Morgan fingerprint density at radius 2 is 1.50 bits per heavy atom. The fourth-order valence-electron chi connectivity index (χ4n) is 1.08. The van der Waals surface area contributed by atoms with Crippen molar-refractivity contribution >= 4 is 0 Å². The molecule has 0 spiro atoms. The first-order valence-corrected chi connectivity index (χ1v) is 3.56. The van der Waals surface area contributed by atoms with Crippen LogP contribution < -0.4 is 0 Å². The third kappa shape index (κ3) is 1.58. The van der Waals surface area contributed by atoms with E-state index in [9.17, 15) is 0 Å². The Bertz CT molecular complexity index is 146. The van der Waals surface area contributed by atoms with Gasteiger partial charge in [0.2, 0.25) is 0 Å². The zero-order valence-electron chi connectivity index (χ0n) is 6.24. The highest BCUT2D eigenvalue weighted by Gasteiger charge is 2.42. The van der Waals surface area contributed by atoms with Crippen LogP contribution in [0.2, 0.25) is 0 Å². The molecule has 0 aromatic carbocycles. The molecule has 0 amide bonds. The molecule has 0 aromatic heterocycles. The van der Waals surface area contributed by atoms with Gasteiger partial charge in [-0.2, -0.15) is 0 Å². The van der Waals surface area contributed by atoms with Crippen LogP contribution in [0.5, 0.6) is 0 Å². The van der Waals surface area contributed by atoms with Gasteiger partial charge < -0.3 is 30.3 Å². The SMILES string of the molecule is OC[C@H]1O[C@@H](O)C(O)C(O)[C@@H]1O. The maximum atomic E-state index is 9.12. The molecule has 0 aliphatic carbocycles. The minimum Gasteiger partial charge on any atom is -0.394 e. The molecule has 2 unspecified atom stereocenters. The van der Waals surface area contributed by atoms with Gasteiger partial charge in [0.15, 0.2) is 6.29 Å². The minimum atomic E-state index is -1.57. The second-order valence-electron chi connectivity index (χ2n) is 2.72. The molecule has 1 rings (SSSR count). The van der Waals surface area contributed by atoms with Crippen LogP contribution in [0, 0.1) is 0 Å². The molecular formula is C6H12O6. The Balaban J connectivity index is 2.63. The maximum absolute atomic E-state index is 9.12. The highest BCUT2D eigenvalue weighted by atomic mass is 16.6. The van der Waals surface area contributed by atoms with E-state index in [2.05, 4.69) is 4.74 Å². The van der Waals surface area contributed by atoms with Gasteiger partial charge in [-0.3, -0.25) is 0 Å². The number of aliphatic hydroxyl groups is 5. The average molecular weight is 180 g/mol. The summed E-state index contributed by atoms with van der Waals surface area (Å²) in [4.78, 5) is 0. The molecule has 12 heavy (non-hydrogen) atoms. The van der Waals surface area contributed by atoms with E-state index in [0.717, 1.165) is 0 Å². The fraction of sp³-hybridized carbons (Fsp3) is 1.00. The molecule has 1 aliphatic heterocycles. The molecule has 0 saturated carbocycles. The van der Waals surface area contributed by atoms with Crippen molar-refractivity contribution in [1.82, 2.24) is 0 Å². The lowest BCUT2D eigenvalue weighted by atomic mass is 10.00. The zero-order chi connectivity index (χ0) is 9.30. The van der Waals surface area contributed by atoms with E-state index in [1.807, 2.05) is 0 Å². The van der Waals surface area contributed by atoms with Crippen LogP contribution >= 0.6 is 0 Å². The van der Waals surface area contributed by atoms with Gasteiger partial charge in [0.1, 0.15) is 24.4 Å². The number of hydrogen-bond donors (Lipinski definition) is 5. The Morgan fingerprint density at radius 3 is 2.00 bits per heavy atom. The number of hydrogen-bond acceptors (Lipinski definition) is 6. The first-order valence-electron chi connectivity index (χ1n) is 3.56. The predicted octanol–water partition coefficient (Wildman–Crippen LogP) is -3.22. The third-order valence-electron chi connectivity index (χ3n) is 1.87. The molecule has 1 fully saturated rings. The Kier molecular flexibility index (Phi) is 2.99. The van der Waals surface area contributed by atoms with Crippen molar-refractivity contribution in [2.45, 2.75) is 30.7 Å². The summed E-state index contributed by atoms with van der Waals surface area (Å²) < 4.78 is 4.58. The van der Waals surface area contributed by atoms with E-state index in [0.29, 0.717) is 0 Å². The summed E-state index contributed by atoms with van der Waals surface area (Å²) in [5.41, 5.74) is 0. The predicted molar refractivity (Wildman–Crippen MR) is 36.0 cm³/mol. The second kappa shape index (κ2) is 3.65. The van der Waals surface area contributed by atoms with Crippen molar-refractivity contribution in [3.05, 3.63) is 0 Å². The molecule has 72 valence electrons. The molecule has 5 atom stereocenters. The summed E-state index contributed by atoms with van der Waals surface area (Å²) in [6, 6.07) is 0. The van der Waals surface area contributed by atoms with Gasteiger partial charge in [0.05, 0.1) is 6.61 Å². The zero-order valence-corrected chi connectivity index (χ0v) is 6.24. The van der Waals surface area contributed by atoms with Crippen molar-refractivity contribution in [2.24, 2.45) is 0 Å². The van der Waals surface area contributed by atoms with Gasteiger partial charge in [0.25, 0.3) is 0 Å². The molecule has 0 bridgehead atoms. The summed E-state index contributed by atoms with van der Waals surface area (Å²) in [5.74, 6) is 0. The monoisotopic (exact) mass is 180 g/mol. The summed E-state index contributed by atoms with van der Waals surface area (Å²) in [7, 11) is 0. The van der Waals surface area contributed by atoms with Crippen molar-refractivity contribution in [2.75, 3.05) is 6.61 Å². The average Bonchev–Trinajstić information content (AvgIpc) is 2.08.